The maximum Gasteiger partial charge on any atom is 0.573 e. The van der Waals surface area contributed by atoms with E-state index < -0.39 is 70.6 Å². The van der Waals surface area contributed by atoms with Crippen LogP contribution in [0.4, 0.5) is 24.5 Å². The number of amides is 4. The molecule has 6 unspecified atom stereocenters. The highest BCUT2D eigenvalue weighted by atomic mass is 19.4. The van der Waals surface area contributed by atoms with Crippen LogP contribution >= 0.6 is 0 Å². The number of aromatic hydroxyl groups is 1. The van der Waals surface area contributed by atoms with Crippen LogP contribution in [0.3, 0.4) is 0 Å². The lowest BCUT2D eigenvalue weighted by atomic mass is 9.51. The summed E-state index contributed by atoms with van der Waals surface area (Å²) in [6.07, 6.45) is -3.05. The summed E-state index contributed by atoms with van der Waals surface area (Å²) < 4.78 is 43.9. The van der Waals surface area contributed by atoms with Gasteiger partial charge in [0, 0.05) is 11.5 Å². The van der Waals surface area contributed by atoms with E-state index in [-0.39, 0.29) is 24.3 Å². The van der Waals surface area contributed by atoms with Crippen LogP contribution in [0.1, 0.15) is 31.2 Å². The van der Waals surface area contributed by atoms with Crippen molar-refractivity contribution >= 4 is 35.0 Å². The molecular formula is C34H27F3N2O6. The largest absolute Gasteiger partial charge is 0.573 e. The molecule has 1 N–H and O–H groups in total. The lowest BCUT2D eigenvalue weighted by molar-refractivity contribution is -0.274. The Morgan fingerprint density at radius 1 is 0.822 bits per heavy atom. The van der Waals surface area contributed by atoms with Gasteiger partial charge >= 0.3 is 6.36 Å². The topological polar surface area (TPSA) is 104 Å². The van der Waals surface area contributed by atoms with Crippen LogP contribution in [0.15, 0.2) is 90.5 Å². The van der Waals surface area contributed by atoms with Crippen LogP contribution in [0.25, 0.3) is 0 Å². The first-order valence-electron chi connectivity index (χ1n) is 14.6. The number of nitrogens with zero attached hydrogens (tertiary/aromatic N) is 2. The molecule has 3 aromatic carbocycles. The maximum atomic E-state index is 14.4. The number of phenols is 1. The molecule has 230 valence electrons. The number of imide groups is 2. The predicted octanol–water partition coefficient (Wildman–Crippen LogP) is 5.73. The van der Waals surface area contributed by atoms with E-state index in [9.17, 15) is 37.5 Å². The van der Waals surface area contributed by atoms with Gasteiger partial charge in [0.25, 0.3) is 0 Å². The summed E-state index contributed by atoms with van der Waals surface area (Å²) in [5.74, 6) is -7.29. The van der Waals surface area contributed by atoms with Crippen molar-refractivity contribution in [3.05, 3.63) is 96.1 Å². The van der Waals surface area contributed by atoms with Crippen molar-refractivity contribution in [2.75, 3.05) is 9.80 Å². The first-order chi connectivity index (χ1) is 21.4. The zero-order chi connectivity index (χ0) is 31.8. The number of hydrogen-bond donors (Lipinski definition) is 1. The molecule has 8 nitrogen and oxygen atoms in total. The van der Waals surface area contributed by atoms with Gasteiger partial charge in [-0.3, -0.25) is 24.1 Å². The summed E-state index contributed by atoms with van der Waals surface area (Å²) in [7, 11) is 0. The van der Waals surface area contributed by atoms with Crippen molar-refractivity contribution in [2.45, 2.75) is 32.0 Å². The predicted molar refractivity (Wildman–Crippen MR) is 155 cm³/mol. The minimum atomic E-state index is -5.02. The number of allylic oxidation sites excluding steroid dienone is 2. The molecule has 3 aromatic rings. The fourth-order valence-corrected chi connectivity index (χ4v) is 7.98. The monoisotopic (exact) mass is 616 g/mol. The van der Waals surface area contributed by atoms with Gasteiger partial charge < -0.3 is 9.84 Å². The van der Waals surface area contributed by atoms with Gasteiger partial charge in [-0.05, 0) is 68.1 Å². The summed E-state index contributed by atoms with van der Waals surface area (Å²) in [6, 6.07) is 19.9. The second-order valence-electron chi connectivity index (χ2n) is 12.1. The molecule has 2 aliphatic heterocycles. The minimum Gasteiger partial charge on any atom is -0.508 e. The third-order valence-electron chi connectivity index (χ3n) is 9.85. The Morgan fingerprint density at radius 3 is 2.07 bits per heavy atom. The molecule has 4 amide bonds. The third-order valence-corrected chi connectivity index (χ3v) is 9.85. The second-order valence-corrected chi connectivity index (χ2v) is 12.1. The van der Waals surface area contributed by atoms with Crippen molar-refractivity contribution in [3.63, 3.8) is 0 Å². The number of benzene rings is 3. The van der Waals surface area contributed by atoms with Crippen molar-refractivity contribution < 1.29 is 42.2 Å². The highest BCUT2D eigenvalue weighted by molar-refractivity contribution is 6.25. The second kappa shape index (κ2) is 10.0. The molecule has 4 aliphatic rings. The molecule has 6 atom stereocenters. The minimum absolute atomic E-state index is 0.0357. The third kappa shape index (κ3) is 4.27. The van der Waals surface area contributed by atoms with Crippen molar-refractivity contribution in [3.8, 4) is 11.5 Å². The van der Waals surface area contributed by atoms with Crippen molar-refractivity contribution in [1.29, 1.82) is 0 Å². The van der Waals surface area contributed by atoms with E-state index in [4.69, 9.17) is 0 Å². The molecule has 2 saturated heterocycles. The fourth-order valence-electron chi connectivity index (χ4n) is 7.98. The first kappa shape index (κ1) is 28.8. The Kier molecular flexibility index (Phi) is 6.43. The summed E-state index contributed by atoms with van der Waals surface area (Å²) in [5, 5.41) is 11.1. The maximum absolute atomic E-state index is 14.4. The first-order valence-corrected chi connectivity index (χ1v) is 14.6. The molecule has 0 spiro atoms. The van der Waals surface area contributed by atoms with E-state index in [0.29, 0.717) is 16.9 Å². The standard InChI is InChI=1S/C34H27F3N2O6/c1-33-25(30(42)39(32(33)44)19-10-6-3-7-11-19)17-23-21(28(33)24-16-20(12-15-26(24)40)45-34(35,36)37)13-14-22-27(23)31(43)38(29(22)41)18-8-4-2-5-9-18/h2-13,15-16,22-23,25,27-28,40H,14,17H2,1H3. The molecule has 0 aromatic heterocycles. The lowest BCUT2D eigenvalue weighted by Gasteiger charge is -2.49. The van der Waals surface area contributed by atoms with Gasteiger partial charge in [-0.2, -0.15) is 0 Å². The van der Waals surface area contributed by atoms with Crippen LogP contribution in [-0.2, 0) is 19.2 Å². The van der Waals surface area contributed by atoms with Crippen LogP contribution in [0.2, 0.25) is 0 Å². The molecule has 3 fully saturated rings. The molecule has 11 heteroatoms. The number of fused-ring (bicyclic) bond motifs is 4. The number of rotatable bonds is 4. The van der Waals surface area contributed by atoms with Crippen LogP contribution in [0.5, 0.6) is 11.5 Å². The number of para-hydroxylation sites is 2. The smallest absolute Gasteiger partial charge is 0.508 e. The summed E-state index contributed by atoms with van der Waals surface area (Å²) >= 11 is 0. The number of hydrogen-bond acceptors (Lipinski definition) is 6. The van der Waals surface area contributed by atoms with Gasteiger partial charge in [-0.25, -0.2) is 4.90 Å². The summed E-state index contributed by atoms with van der Waals surface area (Å²) in [6.45, 7) is 1.59. The Morgan fingerprint density at radius 2 is 1.44 bits per heavy atom. The van der Waals surface area contributed by atoms with Gasteiger partial charge in [0.15, 0.2) is 0 Å². The Hall–Kier alpha value is -4.93. The molecule has 1 saturated carbocycles. The lowest BCUT2D eigenvalue weighted by Crippen LogP contribution is -2.49. The van der Waals surface area contributed by atoms with E-state index in [1.54, 1.807) is 73.7 Å². The van der Waals surface area contributed by atoms with Gasteiger partial charge in [0.1, 0.15) is 11.5 Å². The van der Waals surface area contributed by atoms with Crippen LogP contribution in [0, 0.1) is 29.1 Å². The van der Waals surface area contributed by atoms with E-state index in [1.165, 1.54) is 0 Å². The molecule has 45 heavy (non-hydrogen) atoms. The number of alkyl halides is 3. The Balaban J connectivity index is 1.39. The highest BCUT2D eigenvalue weighted by Crippen LogP contribution is 2.64. The number of anilines is 2. The fraction of sp³-hybridized carbons (Fsp3) is 0.294. The Labute approximate surface area is 255 Å². The highest BCUT2D eigenvalue weighted by Gasteiger charge is 2.68. The molecule has 7 rings (SSSR count). The van der Waals surface area contributed by atoms with E-state index >= 15 is 0 Å². The quantitative estimate of drug-likeness (QED) is 0.297. The van der Waals surface area contributed by atoms with Crippen molar-refractivity contribution in [1.82, 2.24) is 0 Å². The van der Waals surface area contributed by atoms with E-state index in [0.717, 1.165) is 28.0 Å². The average molecular weight is 617 g/mol. The molecule has 2 heterocycles. The number of halogens is 3. The normalized spacial score (nSPS) is 29.3. The SMILES string of the molecule is CC12C(=O)N(c3ccccc3)C(=O)C1CC1C(=CCC3C(=O)N(c4ccccc4)C(=O)C31)C2c1cc(OC(F)(F)F)ccc1O. The summed E-state index contributed by atoms with van der Waals surface area (Å²) in [4.78, 5) is 58.5. The van der Waals surface area contributed by atoms with Gasteiger partial charge in [-0.1, -0.05) is 48.0 Å². The number of carbonyl (C=O) groups excluding carboxylic acids is 4. The molecule has 2 aliphatic carbocycles. The van der Waals surface area contributed by atoms with E-state index in [1.807, 2.05) is 0 Å². The van der Waals surface area contributed by atoms with Crippen molar-refractivity contribution in [2.24, 2.45) is 29.1 Å². The Bertz CT molecular complexity index is 1780. The van der Waals surface area contributed by atoms with Crippen LogP contribution < -0.4 is 14.5 Å². The zero-order valence-corrected chi connectivity index (χ0v) is 23.9. The van der Waals surface area contributed by atoms with Gasteiger partial charge in [0.05, 0.1) is 34.5 Å². The average Bonchev–Trinajstić information content (AvgIpc) is 3.38. The molecular weight excluding hydrogens is 589 g/mol. The number of carbonyl (C=O) groups is 4. The zero-order valence-electron chi connectivity index (χ0n) is 23.9. The number of ether oxygens (including phenoxy) is 1. The van der Waals surface area contributed by atoms with E-state index in [2.05, 4.69) is 4.74 Å². The van der Waals surface area contributed by atoms with Gasteiger partial charge in [-0.15, -0.1) is 13.2 Å². The molecule has 0 bridgehead atoms. The number of phenolic OH excluding ortho intramolecular Hbond substituents is 1. The van der Waals surface area contributed by atoms with Crippen LogP contribution in [-0.4, -0.2) is 35.1 Å². The summed E-state index contributed by atoms with van der Waals surface area (Å²) in [5.41, 5.74) is -0.301. The molecule has 0 radical (unpaired) electrons. The van der Waals surface area contributed by atoms with Gasteiger partial charge in [0.2, 0.25) is 23.6 Å².